The molecule has 0 aliphatic rings. The lowest BCUT2D eigenvalue weighted by Crippen LogP contribution is -2.30. The zero-order valence-electron chi connectivity index (χ0n) is 18.2. The van der Waals surface area contributed by atoms with E-state index in [1.54, 1.807) is 24.3 Å². The van der Waals surface area contributed by atoms with Gasteiger partial charge in [0.25, 0.3) is 5.91 Å². The van der Waals surface area contributed by atoms with E-state index in [-0.39, 0.29) is 5.91 Å². The fourth-order valence-electron chi connectivity index (χ4n) is 3.35. The summed E-state index contributed by atoms with van der Waals surface area (Å²) in [7, 11) is 0. The molecule has 0 saturated heterocycles. The van der Waals surface area contributed by atoms with Gasteiger partial charge in [0.15, 0.2) is 0 Å². The Morgan fingerprint density at radius 1 is 1.10 bits per heavy atom. The van der Waals surface area contributed by atoms with Crippen LogP contribution in [0.1, 0.15) is 48.1 Å². The maximum Gasteiger partial charge on any atom is 0.255 e. The molecule has 0 unspecified atom stereocenters. The van der Waals surface area contributed by atoms with Crippen LogP contribution in [0.4, 0.5) is 11.4 Å². The smallest absolute Gasteiger partial charge is 0.255 e. The number of ether oxygens (including phenoxy) is 1. The van der Waals surface area contributed by atoms with Gasteiger partial charge in [-0.3, -0.25) is 4.79 Å². The van der Waals surface area contributed by atoms with E-state index in [9.17, 15) is 4.79 Å². The third-order valence-corrected chi connectivity index (χ3v) is 5.10. The van der Waals surface area contributed by atoms with Crippen LogP contribution in [-0.4, -0.2) is 23.7 Å². The first kappa shape index (κ1) is 21.4. The number of carbonyl (C=O) groups is 1. The number of hydrogen-bond donors (Lipinski definition) is 1. The van der Waals surface area contributed by atoms with Gasteiger partial charge in [0, 0.05) is 29.5 Å². The highest BCUT2D eigenvalue weighted by atomic mass is 16.5. The van der Waals surface area contributed by atoms with Crippen molar-refractivity contribution >= 4 is 17.3 Å². The number of amides is 1. The normalized spacial score (nSPS) is 10.9. The van der Waals surface area contributed by atoms with Crippen molar-refractivity contribution in [3.63, 3.8) is 0 Å². The summed E-state index contributed by atoms with van der Waals surface area (Å²) in [5.41, 5.74) is 4.25. The van der Waals surface area contributed by atoms with Gasteiger partial charge in [0.2, 0.25) is 0 Å². The van der Waals surface area contributed by atoms with E-state index in [0.29, 0.717) is 24.0 Å². The number of aromatic nitrogens is 1. The Morgan fingerprint density at radius 2 is 1.77 bits per heavy atom. The van der Waals surface area contributed by atoms with Gasteiger partial charge in [0.1, 0.15) is 18.1 Å². The first-order valence-corrected chi connectivity index (χ1v) is 10.2. The average molecular weight is 408 g/mol. The minimum absolute atomic E-state index is 0.156. The predicted octanol–water partition coefficient (Wildman–Crippen LogP) is 5.36. The third kappa shape index (κ3) is 5.00. The Labute approximate surface area is 177 Å². The molecule has 0 aliphatic heterocycles. The molecule has 1 aromatic heterocycles. The van der Waals surface area contributed by atoms with E-state index in [0.717, 1.165) is 34.9 Å². The largest absolute Gasteiger partial charge is 0.489 e. The van der Waals surface area contributed by atoms with Gasteiger partial charge in [-0.15, -0.1) is 0 Å². The summed E-state index contributed by atoms with van der Waals surface area (Å²) in [5.74, 6) is 1.28. The summed E-state index contributed by atoms with van der Waals surface area (Å²) in [6, 6.07) is 15.4. The van der Waals surface area contributed by atoms with Crippen molar-refractivity contribution in [3.05, 3.63) is 71.1 Å². The van der Waals surface area contributed by atoms with Crippen LogP contribution in [-0.2, 0) is 6.61 Å². The molecule has 1 amide bonds. The van der Waals surface area contributed by atoms with E-state index >= 15 is 0 Å². The molecule has 6 heteroatoms. The summed E-state index contributed by atoms with van der Waals surface area (Å²) in [5, 5.41) is 6.86. The van der Waals surface area contributed by atoms with Crippen LogP contribution < -0.4 is 15.0 Å². The first-order chi connectivity index (χ1) is 14.4. The summed E-state index contributed by atoms with van der Waals surface area (Å²) in [6.45, 7) is 11.5. The molecule has 1 heterocycles. The lowest BCUT2D eigenvalue weighted by atomic mass is 10.2. The lowest BCUT2D eigenvalue weighted by molar-refractivity contribution is 0.102. The molecular formula is C24H29N3O3. The maximum absolute atomic E-state index is 12.6. The molecule has 0 bridgehead atoms. The quantitative estimate of drug-likeness (QED) is 0.545. The molecule has 0 aliphatic carbocycles. The number of benzene rings is 2. The van der Waals surface area contributed by atoms with Gasteiger partial charge < -0.3 is 19.5 Å². The van der Waals surface area contributed by atoms with Gasteiger partial charge in [-0.2, -0.15) is 0 Å². The van der Waals surface area contributed by atoms with Crippen LogP contribution in [0, 0.1) is 13.8 Å². The SMILES string of the molecule is CCN(c1ccc(NC(=O)c2ccc(OCc3c(C)noc3C)cc2)cc1)C(C)C. The lowest BCUT2D eigenvalue weighted by Gasteiger charge is -2.27. The summed E-state index contributed by atoms with van der Waals surface area (Å²) >= 11 is 0. The predicted molar refractivity (Wildman–Crippen MR) is 119 cm³/mol. The second-order valence-electron chi connectivity index (χ2n) is 7.50. The van der Waals surface area contributed by atoms with Crippen LogP contribution >= 0.6 is 0 Å². The number of nitrogens with zero attached hydrogens (tertiary/aromatic N) is 2. The molecule has 3 rings (SSSR count). The molecule has 0 atom stereocenters. The van der Waals surface area contributed by atoms with Gasteiger partial charge in [-0.1, -0.05) is 5.16 Å². The van der Waals surface area contributed by atoms with Crippen LogP contribution in [0.25, 0.3) is 0 Å². The van der Waals surface area contributed by atoms with Crippen LogP contribution in [0.2, 0.25) is 0 Å². The molecule has 158 valence electrons. The molecule has 0 spiro atoms. The molecule has 0 radical (unpaired) electrons. The molecule has 6 nitrogen and oxygen atoms in total. The fourth-order valence-corrected chi connectivity index (χ4v) is 3.35. The Balaban J connectivity index is 1.59. The molecule has 0 saturated carbocycles. The fraction of sp³-hybridized carbons (Fsp3) is 0.333. The molecule has 0 fully saturated rings. The maximum atomic E-state index is 12.6. The average Bonchev–Trinajstić information content (AvgIpc) is 3.06. The highest BCUT2D eigenvalue weighted by Gasteiger charge is 2.11. The van der Waals surface area contributed by atoms with Crippen LogP contribution in [0.3, 0.4) is 0 Å². The monoisotopic (exact) mass is 407 g/mol. The van der Waals surface area contributed by atoms with Crippen molar-refractivity contribution in [2.45, 2.75) is 47.3 Å². The third-order valence-electron chi connectivity index (χ3n) is 5.10. The number of hydrogen-bond acceptors (Lipinski definition) is 5. The summed E-state index contributed by atoms with van der Waals surface area (Å²) < 4.78 is 10.9. The van der Waals surface area contributed by atoms with Gasteiger partial charge in [-0.05, 0) is 83.1 Å². The first-order valence-electron chi connectivity index (χ1n) is 10.2. The van der Waals surface area contributed by atoms with E-state index in [1.807, 2.05) is 38.1 Å². The minimum Gasteiger partial charge on any atom is -0.489 e. The van der Waals surface area contributed by atoms with Crippen LogP contribution in [0.5, 0.6) is 5.75 Å². The Hall–Kier alpha value is -3.28. The van der Waals surface area contributed by atoms with Crippen molar-refractivity contribution in [2.75, 3.05) is 16.8 Å². The Bertz CT molecular complexity index is 956. The van der Waals surface area contributed by atoms with Crippen molar-refractivity contribution in [1.82, 2.24) is 5.16 Å². The molecule has 30 heavy (non-hydrogen) atoms. The molecule has 1 N–H and O–H groups in total. The number of rotatable bonds is 8. The van der Waals surface area contributed by atoms with Gasteiger partial charge in [-0.25, -0.2) is 0 Å². The summed E-state index contributed by atoms with van der Waals surface area (Å²) in [4.78, 5) is 14.9. The Morgan fingerprint density at radius 3 is 2.30 bits per heavy atom. The van der Waals surface area contributed by atoms with Crippen molar-refractivity contribution in [3.8, 4) is 5.75 Å². The van der Waals surface area contributed by atoms with E-state index in [4.69, 9.17) is 9.26 Å². The zero-order valence-corrected chi connectivity index (χ0v) is 18.2. The van der Waals surface area contributed by atoms with E-state index < -0.39 is 0 Å². The second kappa shape index (κ2) is 9.48. The van der Waals surface area contributed by atoms with Crippen molar-refractivity contribution in [2.24, 2.45) is 0 Å². The summed E-state index contributed by atoms with van der Waals surface area (Å²) in [6.07, 6.45) is 0. The van der Waals surface area contributed by atoms with Crippen molar-refractivity contribution in [1.29, 1.82) is 0 Å². The molecule has 2 aromatic carbocycles. The Kier molecular flexibility index (Phi) is 6.77. The number of nitrogens with one attached hydrogen (secondary N) is 1. The minimum atomic E-state index is -0.156. The highest BCUT2D eigenvalue weighted by molar-refractivity contribution is 6.04. The number of anilines is 2. The number of carbonyl (C=O) groups excluding carboxylic acids is 1. The standard InChI is InChI=1S/C24H29N3O3/c1-6-27(16(2)3)21-11-9-20(10-12-21)25-24(28)19-7-13-22(14-8-19)29-15-23-17(4)26-30-18(23)5/h7-14,16H,6,15H2,1-5H3,(H,25,28). The second-order valence-corrected chi connectivity index (χ2v) is 7.50. The molecular weight excluding hydrogens is 378 g/mol. The van der Waals surface area contributed by atoms with E-state index in [1.165, 1.54) is 0 Å². The zero-order chi connectivity index (χ0) is 21.7. The van der Waals surface area contributed by atoms with Crippen molar-refractivity contribution < 1.29 is 14.1 Å². The number of aryl methyl sites for hydroxylation is 2. The topological polar surface area (TPSA) is 67.6 Å². The molecule has 3 aromatic rings. The van der Waals surface area contributed by atoms with Gasteiger partial charge in [0.05, 0.1) is 11.3 Å². The van der Waals surface area contributed by atoms with Gasteiger partial charge >= 0.3 is 0 Å². The van der Waals surface area contributed by atoms with Crippen LogP contribution in [0.15, 0.2) is 53.1 Å². The highest BCUT2D eigenvalue weighted by Crippen LogP contribution is 2.21. The van der Waals surface area contributed by atoms with E-state index in [2.05, 4.69) is 36.1 Å².